The zero-order chi connectivity index (χ0) is 12.8. The van der Waals surface area contributed by atoms with Gasteiger partial charge in [-0.1, -0.05) is 13.8 Å². The lowest BCUT2D eigenvalue weighted by Crippen LogP contribution is -2.45. The van der Waals surface area contributed by atoms with Crippen LogP contribution in [0.15, 0.2) is 0 Å². The van der Waals surface area contributed by atoms with Crippen molar-refractivity contribution in [2.45, 2.75) is 39.2 Å². The molecule has 0 N–H and O–H groups in total. The van der Waals surface area contributed by atoms with Crippen LogP contribution in [-0.2, 0) is 4.79 Å². The summed E-state index contributed by atoms with van der Waals surface area (Å²) in [6, 6.07) is 1.91. The molecule has 1 unspecified atom stereocenters. The molecule has 0 bridgehead atoms. The van der Waals surface area contributed by atoms with Gasteiger partial charge in [-0.15, -0.1) is 0 Å². The third kappa shape index (κ3) is 4.01. The monoisotopic (exact) mass is 237 g/mol. The van der Waals surface area contributed by atoms with Crippen molar-refractivity contribution in [3.63, 3.8) is 0 Å². The van der Waals surface area contributed by atoms with Crippen LogP contribution in [-0.4, -0.2) is 48.4 Å². The van der Waals surface area contributed by atoms with Gasteiger partial charge in [0.25, 0.3) is 0 Å². The number of rotatable bonds is 4. The van der Waals surface area contributed by atoms with Crippen molar-refractivity contribution < 1.29 is 4.79 Å². The molecule has 4 nitrogen and oxygen atoms in total. The van der Waals surface area contributed by atoms with Gasteiger partial charge in [0.05, 0.1) is 12.5 Å². The highest BCUT2D eigenvalue weighted by molar-refractivity contribution is 5.82. The second-order valence-corrected chi connectivity index (χ2v) is 5.21. The maximum atomic E-state index is 12.1. The maximum Gasteiger partial charge on any atom is 0.240 e. The van der Waals surface area contributed by atoms with E-state index in [0.717, 1.165) is 32.5 Å². The number of likely N-dealkylation sites (N-methyl/N-ethyl adjacent to an activating group) is 1. The highest BCUT2D eigenvalue weighted by atomic mass is 16.2. The molecule has 0 aromatic carbocycles. The van der Waals surface area contributed by atoms with Crippen molar-refractivity contribution in [3.8, 4) is 6.07 Å². The molecule has 1 fully saturated rings. The molecule has 1 aliphatic heterocycles. The van der Waals surface area contributed by atoms with Gasteiger partial charge in [0.15, 0.2) is 0 Å². The van der Waals surface area contributed by atoms with E-state index in [9.17, 15) is 4.79 Å². The minimum absolute atomic E-state index is 0.104. The van der Waals surface area contributed by atoms with E-state index >= 15 is 0 Å². The molecule has 96 valence electrons. The molecule has 17 heavy (non-hydrogen) atoms. The lowest BCUT2D eigenvalue weighted by molar-refractivity contribution is -0.134. The van der Waals surface area contributed by atoms with Crippen LogP contribution in [0.5, 0.6) is 0 Å². The number of carbonyl (C=O) groups excluding carboxylic acids is 1. The van der Waals surface area contributed by atoms with Crippen molar-refractivity contribution in [1.29, 1.82) is 5.26 Å². The largest absolute Gasteiger partial charge is 0.344 e. The molecule has 1 rings (SSSR count). The minimum Gasteiger partial charge on any atom is -0.344 e. The van der Waals surface area contributed by atoms with E-state index in [-0.39, 0.29) is 11.9 Å². The lowest BCUT2D eigenvalue weighted by atomic mass is 10.1. The molecular weight excluding hydrogens is 214 g/mol. The number of nitriles is 1. The highest BCUT2D eigenvalue weighted by Crippen LogP contribution is 2.15. The number of nitrogens with zero attached hydrogens (tertiary/aromatic N) is 3. The molecular formula is C13H23N3O. The smallest absolute Gasteiger partial charge is 0.240 e. The van der Waals surface area contributed by atoms with Crippen LogP contribution >= 0.6 is 0 Å². The first-order chi connectivity index (χ1) is 8.06. The summed E-state index contributed by atoms with van der Waals surface area (Å²) < 4.78 is 0. The molecule has 4 heteroatoms. The second kappa shape index (κ2) is 6.61. The van der Waals surface area contributed by atoms with Crippen LogP contribution in [0.4, 0.5) is 0 Å². The summed E-state index contributed by atoms with van der Waals surface area (Å²) in [6.07, 6.45) is 2.39. The van der Waals surface area contributed by atoms with E-state index in [4.69, 9.17) is 5.26 Å². The number of carbonyl (C=O) groups is 1. The van der Waals surface area contributed by atoms with Crippen LogP contribution in [0.1, 0.15) is 33.1 Å². The molecule has 0 radical (unpaired) electrons. The summed E-state index contributed by atoms with van der Waals surface area (Å²) in [5.74, 6) is 0.738. The highest BCUT2D eigenvalue weighted by Gasteiger charge is 2.30. The van der Waals surface area contributed by atoms with Gasteiger partial charge in [0, 0.05) is 20.1 Å². The zero-order valence-electron chi connectivity index (χ0n) is 11.1. The molecule has 0 spiro atoms. The molecule has 1 saturated heterocycles. The van der Waals surface area contributed by atoms with Crippen molar-refractivity contribution in [2.75, 3.05) is 26.7 Å². The van der Waals surface area contributed by atoms with E-state index in [1.165, 1.54) is 0 Å². The van der Waals surface area contributed by atoms with Crippen LogP contribution in [0.25, 0.3) is 0 Å². The third-order valence-electron chi connectivity index (χ3n) is 3.32. The Kier molecular flexibility index (Phi) is 5.43. The maximum absolute atomic E-state index is 12.1. The Bertz CT molecular complexity index is 296. The van der Waals surface area contributed by atoms with E-state index < -0.39 is 0 Å². The normalized spacial score (nSPS) is 22.6. The van der Waals surface area contributed by atoms with Crippen LogP contribution < -0.4 is 0 Å². The zero-order valence-corrected chi connectivity index (χ0v) is 11.1. The lowest BCUT2D eigenvalue weighted by Gasteiger charge is -2.28. The van der Waals surface area contributed by atoms with Gasteiger partial charge in [-0.05, 0) is 25.3 Å². The molecule has 1 atom stereocenters. The van der Waals surface area contributed by atoms with Gasteiger partial charge in [0.2, 0.25) is 5.91 Å². The van der Waals surface area contributed by atoms with Crippen molar-refractivity contribution in [2.24, 2.45) is 5.92 Å². The second-order valence-electron chi connectivity index (χ2n) is 5.21. The Hall–Kier alpha value is -1.08. The fourth-order valence-electron chi connectivity index (χ4n) is 2.18. The van der Waals surface area contributed by atoms with Gasteiger partial charge < -0.3 is 4.90 Å². The molecule has 0 saturated carbocycles. The van der Waals surface area contributed by atoms with Gasteiger partial charge in [-0.3, -0.25) is 9.69 Å². The summed E-state index contributed by atoms with van der Waals surface area (Å²) in [4.78, 5) is 16.1. The van der Waals surface area contributed by atoms with Crippen LogP contribution in [0, 0.1) is 17.2 Å². The number of amides is 1. The molecule has 0 aromatic rings. The van der Waals surface area contributed by atoms with Crippen LogP contribution in [0.2, 0.25) is 0 Å². The Morgan fingerprint density at radius 2 is 2.18 bits per heavy atom. The topological polar surface area (TPSA) is 47.3 Å². The average Bonchev–Trinajstić information content (AvgIpc) is 2.40. The fraction of sp³-hybridized carbons (Fsp3) is 0.846. The van der Waals surface area contributed by atoms with Gasteiger partial charge in [0.1, 0.15) is 6.04 Å². The summed E-state index contributed by atoms with van der Waals surface area (Å²) >= 11 is 0. The van der Waals surface area contributed by atoms with E-state index in [0.29, 0.717) is 12.3 Å². The molecule has 0 aromatic heterocycles. The van der Waals surface area contributed by atoms with Crippen molar-refractivity contribution in [3.05, 3.63) is 0 Å². The van der Waals surface area contributed by atoms with Gasteiger partial charge >= 0.3 is 0 Å². The van der Waals surface area contributed by atoms with E-state index in [1.54, 1.807) is 4.90 Å². The molecule has 1 amide bonds. The standard InChI is InChI=1S/C13H23N3O/c1-11(2)6-10-16-9-4-8-15(3)13(17)12(16)5-7-14/h11-12H,4-6,8-10H2,1-3H3. The van der Waals surface area contributed by atoms with Gasteiger partial charge in [-0.25, -0.2) is 0 Å². The Balaban J connectivity index is 2.70. The van der Waals surface area contributed by atoms with Gasteiger partial charge in [-0.2, -0.15) is 5.26 Å². The predicted molar refractivity (Wildman–Crippen MR) is 67.3 cm³/mol. The first kappa shape index (κ1) is 14.0. The first-order valence-electron chi connectivity index (χ1n) is 6.42. The van der Waals surface area contributed by atoms with Crippen molar-refractivity contribution >= 4 is 5.91 Å². The summed E-state index contributed by atoms with van der Waals surface area (Å²) in [6.45, 7) is 7.02. The third-order valence-corrected chi connectivity index (χ3v) is 3.32. The quantitative estimate of drug-likeness (QED) is 0.744. The van der Waals surface area contributed by atoms with Crippen molar-refractivity contribution in [1.82, 2.24) is 9.80 Å². The summed E-state index contributed by atoms with van der Waals surface area (Å²) in [5, 5.41) is 8.86. The molecule has 0 aliphatic carbocycles. The average molecular weight is 237 g/mol. The van der Waals surface area contributed by atoms with E-state index in [1.807, 2.05) is 7.05 Å². The van der Waals surface area contributed by atoms with E-state index in [2.05, 4.69) is 24.8 Å². The molecule has 1 heterocycles. The predicted octanol–water partition coefficient (Wildman–Crippen LogP) is 1.48. The Labute approximate surface area is 104 Å². The SMILES string of the molecule is CC(C)CCN1CCCN(C)C(=O)C1CC#N. The number of hydrogen-bond donors (Lipinski definition) is 0. The molecule has 1 aliphatic rings. The Morgan fingerprint density at radius 3 is 2.76 bits per heavy atom. The minimum atomic E-state index is -0.230. The summed E-state index contributed by atoms with van der Waals surface area (Å²) in [7, 11) is 1.83. The Morgan fingerprint density at radius 1 is 1.47 bits per heavy atom. The van der Waals surface area contributed by atoms with Crippen LogP contribution in [0.3, 0.4) is 0 Å². The first-order valence-corrected chi connectivity index (χ1v) is 6.42. The number of hydrogen-bond acceptors (Lipinski definition) is 3. The summed E-state index contributed by atoms with van der Waals surface area (Å²) in [5.41, 5.74) is 0. The fourth-order valence-corrected chi connectivity index (χ4v) is 2.18.